The zero-order valence-corrected chi connectivity index (χ0v) is 21.4. The molecular weight excluding hydrogens is 541 g/mol. The Balaban J connectivity index is 1.58. The average molecular weight is 567 g/mol. The molecule has 0 radical (unpaired) electrons. The van der Waals surface area contributed by atoms with Gasteiger partial charge in [-0.2, -0.15) is 0 Å². The first-order valence-corrected chi connectivity index (χ1v) is 12.5. The molecule has 15 heteroatoms. The highest BCUT2D eigenvalue weighted by Gasteiger charge is 2.25. The molecule has 10 nitrogen and oxygen atoms in total. The van der Waals surface area contributed by atoms with Crippen LogP contribution < -0.4 is 20.1 Å². The number of urea groups is 1. The Kier molecular flexibility index (Phi) is 10.6. The molecule has 3 N–H and O–H groups in total. The minimum absolute atomic E-state index is 0.0734. The first-order chi connectivity index (χ1) is 17.7. The molecule has 1 atom stereocenters. The van der Waals surface area contributed by atoms with Crippen molar-refractivity contribution >= 4 is 40.3 Å². The number of carbonyl (C=O) groups excluding carboxylic acids is 2. The van der Waals surface area contributed by atoms with Gasteiger partial charge in [0.05, 0.1) is 23.8 Å². The summed E-state index contributed by atoms with van der Waals surface area (Å²) in [6.45, 7) is 2.20. The molecule has 2 amide bonds. The highest BCUT2D eigenvalue weighted by atomic mass is 35.5. The molecule has 1 aromatic carbocycles. The number of benzene rings is 1. The average Bonchev–Trinajstić information content (AvgIpc) is 3.52. The van der Waals surface area contributed by atoms with Crippen LogP contribution in [0.5, 0.6) is 11.6 Å². The number of halogens is 4. The van der Waals surface area contributed by atoms with E-state index in [0.717, 1.165) is 39.6 Å². The predicted octanol–water partition coefficient (Wildman–Crippen LogP) is 4.30. The van der Waals surface area contributed by atoms with Crippen molar-refractivity contribution in [2.45, 2.75) is 38.4 Å². The summed E-state index contributed by atoms with van der Waals surface area (Å²) in [4.78, 5) is 26.3. The number of nitrogens with zero attached hydrogens (tertiary/aromatic N) is 2. The fraction of sp³-hybridized carbons (Fsp3) is 0.500. The number of rotatable bonds is 11. The van der Waals surface area contributed by atoms with E-state index < -0.39 is 58.8 Å². The third-order valence-corrected chi connectivity index (χ3v) is 6.50. The van der Waals surface area contributed by atoms with Crippen LogP contribution in [-0.2, 0) is 11.3 Å². The molecule has 0 bridgehead atoms. The monoisotopic (exact) mass is 566 g/mol. The number of carbonyl (C=O) groups is 2. The molecule has 204 valence electrons. The Morgan fingerprint density at radius 2 is 1.97 bits per heavy atom. The molecule has 3 rings (SSSR count). The number of methoxy groups -OCH3 is 1. The largest absolute Gasteiger partial charge is 0.513 e. The summed E-state index contributed by atoms with van der Waals surface area (Å²) in [5.74, 6) is -4.94. The predicted molar refractivity (Wildman–Crippen MR) is 129 cm³/mol. The van der Waals surface area contributed by atoms with E-state index >= 15 is 0 Å². The van der Waals surface area contributed by atoms with Crippen LogP contribution in [0.25, 0.3) is 0 Å². The van der Waals surface area contributed by atoms with Gasteiger partial charge in [-0.3, -0.25) is 5.32 Å². The first kappa shape index (κ1) is 28.8. The van der Waals surface area contributed by atoms with Crippen molar-refractivity contribution < 1.29 is 42.1 Å². The van der Waals surface area contributed by atoms with E-state index in [1.165, 1.54) is 0 Å². The van der Waals surface area contributed by atoms with Gasteiger partial charge in [-0.25, -0.2) is 22.8 Å². The summed E-state index contributed by atoms with van der Waals surface area (Å²) in [6, 6.07) is -0.0970. The Hall–Kier alpha value is -2.81. The molecule has 0 spiro atoms. The van der Waals surface area contributed by atoms with Crippen molar-refractivity contribution in [3.8, 4) is 11.6 Å². The van der Waals surface area contributed by atoms with E-state index in [2.05, 4.69) is 24.6 Å². The van der Waals surface area contributed by atoms with E-state index in [9.17, 15) is 27.9 Å². The summed E-state index contributed by atoms with van der Waals surface area (Å²) < 4.78 is 60.4. The van der Waals surface area contributed by atoms with Crippen molar-refractivity contribution in [1.82, 2.24) is 14.6 Å². The number of aliphatic hydroxyl groups excluding tert-OH is 1. The van der Waals surface area contributed by atoms with Crippen LogP contribution in [-0.4, -0.2) is 66.0 Å². The van der Waals surface area contributed by atoms with Gasteiger partial charge in [0.15, 0.2) is 16.6 Å². The van der Waals surface area contributed by atoms with Crippen LogP contribution >= 0.6 is 23.1 Å². The fourth-order valence-corrected chi connectivity index (χ4v) is 4.35. The van der Waals surface area contributed by atoms with Gasteiger partial charge in [-0.05, 0) is 56.4 Å². The molecule has 2 heterocycles. The minimum Gasteiger partial charge on any atom is -0.469 e. The van der Waals surface area contributed by atoms with Crippen LogP contribution in [0, 0.1) is 17.5 Å². The summed E-state index contributed by atoms with van der Waals surface area (Å²) in [6.07, 6.45) is 1.49. The van der Waals surface area contributed by atoms with Gasteiger partial charge >= 0.3 is 12.2 Å². The summed E-state index contributed by atoms with van der Waals surface area (Å²) in [5.41, 5.74) is -0.769. The number of ether oxygens (including phenoxy) is 3. The molecule has 37 heavy (non-hydrogen) atoms. The van der Waals surface area contributed by atoms with Crippen molar-refractivity contribution in [3.63, 3.8) is 0 Å². The lowest BCUT2D eigenvalue weighted by Gasteiger charge is -2.17. The molecule has 1 aliphatic heterocycles. The first-order valence-electron chi connectivity index (χ1n) is 11.3. The standard InChI is InChI=1S/C22H26ClF3N4O6S/c1-34-22(33)36-18-19(35-11-13-15(24)10-14(23)17(26)16(13)25)29-37-20(18)28-21(32)27-6-4-12(31)5-9-30-7-2-3-8-30/h10,12,31H,2-9,11H2,1H3,(H2,27,28,32). The van der Waals surface area contributed by atoms with Crippen molar-refractivity contribution in [1.29, 1.82) is 0 Å². The number of amides is 2. The number of hydrogen-bond donors (Lipinski definition) is 3. The highest BCUT2D eigenvalue weighted by molar-refractivity contribution is 7.11. The van der Waals surface area contributed by atoms with Gasteiger partial charge in [0.25, 0.3) is 5.88 Å². The molecule has 2 aromatic rings. The second-order valence-corrected chi connectivity index (χ2v) is 9.28. The van der Waals surface area contributed by atoms with E-state index in [1.54, 1.807) is 0 Å². The SMILES string of the molecule is COC(=O)Oc1c(OCc2c(F)cc(Cl)c(F)c2F)nsc1NC(=O)NCCC(O)CCN1CCCC1. The number of hydrogen-bond acceptors (Lipinski definition) is 9. The molecule has 1 saturated heterocycles. The highest BCUT2D eigenvalue weighted by Crippen LogP contribution is 2.40. The topological polar surface area (TPSA) is 122 Å². The van der Waals surface area contributed by atoms with Crippen molar-refractivity contribution in [2.24, 2.45) is 0 Å². The fourth-order valence-electron chi connectivity index (χ4n) is 3.51. The van der Waals surface area contributed by atoms with E-state index in [1.807, 2.05) is 0 Å². The van der Waals surface area contributed by atoms with Crippen LogP contribution in [0.2, 0.25) is 5.02 Å². The molecule has 1 fully saturated rings. The minimum atomic E-state index is -1.55. The van der Waals surface area contributed by atoms with Crippen molar-refractivity contribution in [3.05, 3.63) is 34.1 Å². The lowest BCUT2D eigenvalue weighted by Crippen LogP contribution is -2.32. The van der Waals surface area contributed by atoms with Gasteiger partial charge in [-0.1, -0.05) is 11.6 Å². The normalized spacial score (nSPS) is 14.3. The van der Waals surface area contributed by atoms with Gasteiger partial charge in [0.1, 0.15) is 12.4 Å². The van der Waals surface area contributed by atoms with Gasteiger partial charge in [0.2, 0.25) is 5.75 Å². The number of anilines is 1. The smallest absolute Gasteiger partial charge is 0.469 e. The summed E-state index contributed by atoms with van der Waals surface area (Å²) >= 11 is 6.07. The third-order valence-electron chi connectivity index (χ3n) is 5.50. The molecular formula is C22H26ClF3N4O6S. The lowest BCUT2D eigenvalue weighted by molar-refractivity contribution is 0.119. The maximum atomic E-state index is 14.1. The van der Waals surface area contributed by atoms with Gasteiger partial charge in [-0.15, -0.1) is 4.37 Å². The van der Waals surface area contributed by atoms with E-state index in [-0.39, 0.29) is 17.3 Å². The quantitative estimate of drug-likeness (QED) is 0.209. The van der Waals surface area contributed by atoms with Crippen LogP contribution in [0.3, 0.4) is 0 Å². The molecule has 1 aromatic heterocycles. The number of nitrogens with one attached hydrogen (secondary N) is 2. The van der Waals surface area contributed by atoms with Crippen molar-refractivity contribution in [2.75, 3.05) is 38.6 Å². The van der Waals surface area contributed by atoms with E-state index in [4.69, 9.17) is 21.1 Å². The molecule has 1 aliphatic rings. The van der Waals surface area contributed by atoms with Gasteiger partial charge < -0.3 is 29.5 Å². The van der Waals surface area contributed by atoms with Crippen LogP contribution in [0.1, 0.15) is 31.2 Å². The Morgan fingerprint density at radius 1 is 1.24 bits per heavy atom. The Morgan fingerprint density at radius 3 is 2.68 bits per heavy atom. The number of likely N-dealkylation sites (tertiary alicyclic amines) is 1. The lowest BCUT2D eigenvalue weighted by atomic mass is 10.2. The zero-order valence-electron chi connectivity index (χ0n) is 19.8. The molecule has 0 aliphatic carbocycles. The van der Waals surface area contributed by atoms with Gasteiger partial charge in [0, 0.05) is 13.1 Å². The Labute approximate surface area is 219 Å². The second kappa shape index (κ2) is 13.7. The summed E-state index contributed by atoms with van der Waals surface area (Å²) in [7, 11) is 1.04. The third kappa shape index (κ3) is 8.09. The van der Waals surface area contributed by atoms with Crippen LogP contribution in [0.4, 0.5) is 27.8 Å². The van der Waals surface area contributed by atoms with E-state index in [0.29, 0.717) is 30.4 Å². The van der Waals surface area contributed by atoms with Crippen LogP contribution in [0.15, 0.2) is 6.07 Å². The maximum absolute atomic E-state index is 14.1. The summed E-state index contributed by atoms with van der Waals surface area (Å²) in [5, 5.41) is 14.3. The Bertz CT molecular complexity index is 1100. The number of aromatic nitrogens is 1. The molecule has 1 unspecified atom stereocenters. The molecule has 0 saturated carbocycles. The maximum Gasteiger partial charge on any atom is 0.513 e. The number of aliphatic hydroxyl groups is 1. The zero-order chi connectivity index (χ0) is 26.9. The second-order valence-electron chi connectivity index (χ2n) is 8.10.